The lowest BCUT2D eigenvalue weighted by Crippen LogP contribution is -2.41. The zero-order valence-electron chi connectivity index (χ0n) is 23.3. The summed E-state index contributed by atoms with van der Waals surface area (Å²) >= 11 is 0. The summed E-state index contributed by atoms with van der Waals surface area (Å²) in [6.45, 7) is 1.64. The van der Waals surface area contributed by atoms with Gasteiger partial charge in [-0.15, -0.1) is 0 Å². The number of hydrogen-bond acceptors (Lipinski definition) is 5. The molecule has 208 valence electrons. The van der Waals surface area contributed by atoms with E-state index in [0.29, 0.717) is 23.1 Å². The molecule has 8 heteroatoms. The molecule has 40 heavy (non-hydrogen) atoms. The Morgan fingerprint density at radius 2 is 1.98 bits per heavy atom. The number of imidazole rings is 1. The molecule has 4 aliphatic rings. The fraction of sp³-hybridized carbons (Fsp3) is 0.500. The molecule has 2 bridgehead atoms. The molecular weight excluding hydrogens is 502 g/mol. The normalized spacial score (nSPS) is 25.2. The van der Waals surface area contributed by atoms with Gasteiger partial charge in [0.15, 0.2) is 5.82 Å². The summed E-state index contributed by atoms with van der Waals surface area (Å²) in [4.78, 5) is 20.8. The van der Waals surface area contributed by atoms with E-state index >= 15 is 0 Å². The number of aromatic nitrogens is 3. The number of benzene rings is 2. The van der Waals surface area contributed by atoms with Crippen molar-refractivity contribution in [3.63, 3.8) is 0 Å². The number of aliphatic hydroxyl groups is 1. The van der Waals surface area contributed by atoms with Crippen molar-refractivity contribution in [1.82, 2.24) is 19.0 Å². The Morgan fingerprint density at radius 1 is 1.15 bits per heavy atom. The number of amides is 1. The van der Waals surface area contributed by atoms with Crippen LogP contribution in [-0.2, 0) is 19.2 Å². The highest BCUT2D eigenvalue weighted by Gasteiger charge is 2.47. The number of aryl methyl sites for hydroxylation is 1. The first-order valence-electron chi connectivity index (χ1n) is 14.8. The fourth-order valence-corrected chi connectivity index (χ4v) is 7.68. The molecule has 4 aromatic rings. The lowest BCUT2D eigenvalue weighted by Gasteiger charge is -2.37. The Labute approximate surface area is 233 Å². The van der Waals surface area contributed by atoms with E-state index < -0.39 is 5.60 Å². The summed E-state index contributed by atoms with van der Waals surface area (Å²) in [5.41, 5.74) is 11.1. The molecule has 0 radical (unpaired) electrons. The maximum absolute atomic E-state index is 13.7. The quantitative estimate of drug-likeness (QED) is 0.375. The van der Waals surface area contributed by atoms with E-state index in [0.717, 1.165) is 84.2 Å². The van der Waals surface area contributed by atoms with Crippen LogP contribution >= 0.6 is 0 Å². The van der Waals surface area contributed by atoms with Gasteiger partial charge in [-0.3, -0.25) is 4.79 Å². The number of nitrogens with zero attached hydrogens (tertiary/aromatic N) is 4. The molecular formula is C32H37N5O3. The smallest absolute Gasteiger partial charge is 0.254 e. The van der Waals surface area contributed by atoms with Crippen molar-refractivity contribution >= 4 is 27.8 Å². The molecule has 1 aliphatic heterocycles. The molecule has 8 nitrogen and oxygen atoms in total. The van der Waals surface area contributed by atoms with Crippen LogP contribution in [0.2, 0.25) is 0 Å². The Bertz CT molecular complexity index is 1680. The third-order valence-corrected chi connectivity index (χ3v) is 10.3. The van der Waals surface area contributed by atoms with Gasteiger partial charge >= 0.3 is 0 Å². The maximum atomic E-state index is 13.7. The number of ether oxygens (including phenoxy) is 1. The average molecular weight is 540 g/mol. The van der Waals surface area contributed by atoms with Crippen molar-refractivity contribution in [2.75, 3.05) is 13.7 Å². The third-order valence-electron chi connectivity index (χ3n) is 10.3. The minimum absolute atomic E-state index is 0.0104. The van der Waals surface area contributed by atoms with Gasteiger partial charge in [0.05, 0.1) is 29.4 Å². The van der Waals surface area contributed by atoms with Gasteiger partial charge in [-0.25, -0.2) is 4.98 Å². The molecule has 3 N–H and O–H groups in total. The highest BCUT2D eigenvalue weighted by molar-refractivity contribution is 6.00. The molecule has 0 spiro atoms. The highest BCUT2D eigenvalue weighted by Crippen LogP contribution is 2.46. The molecule has 3 heterocycles. The van der Waals surface area contributed by atoms with Crippen LogP contribution < -0.4 is 10.5 Å². The lowest BCUT2D eigenvalue weighted by atomic mass is 9.74. The second-order valence-corrected chi connectivity index (χ2v) is 12.7. The van der Waals surface area contributed by atoms with Crippen molar-refractivity contribution in [3.05, 3.63) is 47.5 Å². The Morgan fingerprint density at radius 3 is 2.62 bits per heavy atom. The minimum atomic E-state index is -0.751. The number of rotatable bonds is 6. The van der Waals surface area contributed by atoms with E-state index in [-0.39, 0.29) is 18.0 Å². The number of para-hydroxylation sites is 1. The van der Waals surface area contributed by atoms with E-state index in [1.165, 1.54) is 12.8 Å². The minimum Gasteiger partial charge on any atom is -0.494 e. The summed E-state index contributed by atoms with van der Waals surface area (Å²) in [7, 11) is 3.67. The monoisotopic (exact) mass is 539 g/mol. The SMILES string of the molecule is COc1cc(C(=O)N2C[C@H]3CC[C@@H]2[C@@H]3N)cc2nc(-c3cc4cccc(C5(O)CCC5)c4n3CC3CC3)n(C)c12. The van der Waals surface area contributed by atoms with Crippen molar-refractivity contribution in [3.8, 4) is 17.3 Å². The van der Waals surface area contributed by atoms with Crippen LogP contribution in [0.25, 0.3) is 33.5 Å². The van der Waals surface area contributed by atoms with E-state index in [9.17, 15) is 9.90 Å². The second kappa shape index (κ2) is 8.57. The zero-order valence-corrected chi connectivity index (χ0v) is 23.3. The predicted molar refractivity (Wildman–Crippen MR) is 154 cm³/mol. The second-order valence-electron chi connectivity index (χ2n) is 12.7. The van der Waals surface area contributed by atoms with Crippen LogP contribution in [-0.4, -0.2) is 55.8 Å². The number of hydrogen-bond donors (Lipinski definition) is 2. The number of piperidine rings is 1. The summed E-state index contributed by atoms with van der Waals surface area (Å²) in [5.74, 6) is 2.54. The molecule has 3 saturated carbocycles. The molecule has 1 saturated heterocycles. The number of nitrogens with two attached hydrogens (primary N) is 1. The van der Waals surface area contributed by atoms with Crippen LogP contribution in [0.3, 0.4) is 0 Å². The highest BCUT2D eigenvalue weighted by atomic mass is 16.5. The number of methoxy groups -OCH3 is 1. The third kappa shape index (κ3) is 3.45. The largest absolute Gasteiger partial charge is 0.494 e. The lowest BCUT2D eigenvalue weighted by molar-refractivity contribution is -0.0377. The number of fused-ring (bicyclic) bond motifs is 4. The van der Waals surface area contributed by atoms with Gasteiger partial charge in [0.25, 0.3) is 5.91 Å². The summed E-state index contributed by atoms with van der Waals surface area (Å²) in [5, 5.41) is 12.5. The Kier molecular flexibility index (Phi) is 5.24. The van der Waals surface area contributed by atoms with Gasteiger partial charge < -0.3 is 29.6 Å². The van der Waals surface area contributed by atoms with Gasteiger partial charge in [-0.2, -0.15) is 0 Å². The van der Waals surface area contributed by atoms with Crippen molar-refractivity contribution in [2.45, 2.75) is 69.2 Å². The predicted octanol–water partition coefficient (Wildman–Crippen LogP) is 4.55. The molecule has 1 amide bonds. The first kappa shape index (κ1) is 24.4. The van der Waals surface area contributed by atoms with Crippen LogP contribution in [0.4, 0.5) is 0 Å². The molecule has 3 atom stereocenters. The van der Waals surface area contributed by atoms with E-state index in [4.69, 9.17) is 15.5 Å². The van der Waals surface area contributed by atoms with Crippen LogP contribution in [0.1, 0.15) is 60.9 Å². The number of carbonyl (C=O) groups excluding carboxylic acids is 1. The Balaban J connectivity index is 1.27. The molecule has 2 aromatic carbocycles. The Hall–Kier alpha value is -3.36. The van der Waals surface area contributed by atoms with E-state index in [2.05, 4.69) is 33.4 Å². The van der Waals surface area contributed by atoms with Crippen molar-refractivity contribution < 1.29 is 14.6 Å². The summed E-state index contributed by atoms with van der Waals surface area (Å²) in [6.07, 6.45) is 7.22. The summed E-state index contributed by atoms with van der Waals surface area (Å²) < 4.78 is 10.3. The first-order chi connectivity index (χ1) is 19.4. The maximum Gasteiger partial charge on any atom is 0.254 e. The molecule has 0 unspecified atom stereocenters. The fourth-order valence-electron chi connectivity index (χ4n) is 7.68. The van der Waals surface area contributed by atoms with Crippen LogP contribution in [0.15, 0.2) is 36.4 Å². The molecule has 4 fully saturated rings. The van der Waals surface area contributed by atoms with Gasteiger partial charge in [0.1, 0.15) is 11.3 Å². The van der Waals surface area contributed by atoms with Crippen molar-refractivity contribution in [2.24, 2.45) is 24.6 Å². The van der Waals surface area contributed by atoms with E-state index in [1.807, 2.05) is 24.1 Å². The van der Waals surface area contributed by atoms with Gasteiger partial charge in [-0.05, 0) is 75.0 Å². The van der Waals surface area contributed by atoms with Crippen molar-refractivity contribution in [1.29, 1.82) is 0 Å². The van der Waals surface area contributed by atoms with Gasteiger partial charge in [0, 0.05) is 48.7 Å². The van der Waals surface area contributed by atoms with Gasteiger partial charge in [-0.1, -0.05) is 18.2 Å². The standard InChI is InChI=1S/C32H37N5O3/c1-35-29-23(13-21(15-26(29)40-2)31(38)37-17-20-9-10-24(37)27(20)33)34-30(35)25-14-19-5-3-6-22(32(39)11-4-12-32)28(19)36(25)16-18-7-8-18/h3,5-6,13-15,18,20,24,27,39H,4,7-12,16-17,33H2,1-2H3/t20-,24-,27-/m1/s1. The molecule has 3 aliphatic carbocycles. The van der Waals surface area contributed by atoms with E-state index in [1.54, 1.807) is 7.11 Å². The number of likely N-dealkylation sites (tertiary alicyclic amines) is 1. The summed E-state index contributed by atoms with van der Waals surface area (Å²) in [6, 6.07) is 12.5. The zero-order chi connectivity index (χ0) is 27.3. The topological polar surface area (TPSA) is 98.5 Å². The van der Waals surface area contributed by atoms with Crippen LogP contribution in [0.5, 0.6) is 5.75 Å². The molecule has 2 aromatic heterocycles. The van der Waals surface area contributed by atoms with Crippen LogP contribution in [0, 0.1) is 11.8 Å². The average Bonchev–Trinajstić information content (AvgIpc) is 3.33. The molecule has 8 rings (SSSR count). The van der Waals surface area contributed by atoms with Gasteiger partial charge in [0.2, 0.25) is 0 Å². The number of carbonyl (C=O) groups is 1. The first-order valence-corrected chi connectivity index (χ1v) is 14.8.